The Balaban J connectivity index is 1.68. The Kier molecular flexibility index (Phi) is 7.77. The van der Waals surface area contributed by atoms with Crippen LogP contribution in [0.5, 0.6) is 0 Å². The van der Waals surface area contributed by atoms with E-state index in [1.54, 1.807) is 6.92 Å². The summed E-state index contributed by atoms with van der Waals surface area (Å²) >= 11 is 0. The van der Waals surface area contributed by atoms with Crippen molar-refractivity contribution in [2.45, 2.75) is 65.0 Å². The number of aliphatic hydroxyl groups excluding tert-OH is 1. The maximum absolute atomic E-state index is 12.8. The van der Waals surface area contributed by atoms with E-state index in [0.29, 0.717) is 11.5 Å². The first-order chi connectivity index (χ1) is 15.3. The molecule has 0 radical (unpaired) electrons. The molecule has 174 valence electrons. The smallest absolute Gasteiger partial charge is 0.322 e. The molecule has 1 atom stereocenters. The van der Waals surface area contributed by atoms with Gasteiger partial charge in [-0.3, -0.25) is 9.59 Å². The van der Waals surface area contributed by atoms with Gasteiger partial charge in [0.05, 0.1) is 5.70 Å². The highest BCUT2D eigenvalue weighted by Crippen LogP contribution is 2.29. The van der Waals surface area contributed by atoms with E-state index in [2.05, 4.69) is 46.4 Å². The van der Waals surface area contributed by atoms with E-state index in [9.17, 15) is 14.7 Å². The van der Waals surface area contributed by atoms with Crippen molar-refractivity contribution in [3.63, 3.8) is 0 Å². The van der Waals surface area contributed by atoms with E-state index in [0.717, 1.165) is 32.4 Å². The van der Waals surface area contributed by atoms with E-state index < -0.39 is 24.5 Å². The number of hydrogen-bond donors (Lipinski definition) is 3. The molecule has 32 heavy (non-hydrogen) atoms. The van der Waals surface area contributed by atoms with Gasteiger partial charge in [0.2, 0.25) is 0 Å². The Morgan fingerprint density at radius 1 is 1.16 bits per heavy atom. The van der Waals surface area contributed by atoms with E-state index >= 15 is 0 Å². The number of nitrogens with one attached hydrogen (secondary N) is 1. The molecule has 0 aliphatic carbocycles. The summed E-state index contributed by atoms with van der Waals surface area (Å²) < 4.78 is 0. The summed E-state index contributed by atoms with van der Waals surface area (Å²) in [5.41, 5.74) is 2.94. The summed E-state index contributed by atoms with van der Waals surface area (Å²) in [4.78, 5) is 32.3. The molecule has 2 heterocycles. The van der Waals surface area contributed by atoms with Gasteiger partial charge in [-0.25, -0.2) is 4.99 Å². The van der Waals surface area contributed by atoms with Crippen LogP contribution in [0, 0.1) is 0 Å². The Morgan fingerprint density at radius 3 is 2.41 bits per heavy atom. The number of aliphatic carboxylic acids is 1. The molecule has 0 saturated carbocycles. The van der Waals surface area contributed by atoms with Crippen LogP contribution in [0.1, 0.15) is 52.0 Å². The molecule has 2 aliphatic rings. The number of carbonyl (C=O) groups excluding carboxylic acids is 1. The second-order valence-electron chi connectivity index (χ2n) is 8.54. The molecule has 0 aromatic heterocycles. The number of rotatable bonds is 8. The number of benzene rings is 1. The molecule has 0 spiro atoms. The van der Waals surface area contributed by atoms with Gasteiger partial charge in [-0.1, -0.05) is 25.5 Å². The van der Waals surface area contributed by atoms with Gasteiger partial charge >= 0.3 is 5.97 Å². The molecule has 1 aromatic carbocycles. The number of piperidine rings is 1. The predicted molar refractivity (Wildman–Crippen MR) is 125 cm³/mol. The normalized spacial score (nSPS) is 19.7. The molecule has 3 N–H and O–H groups in total. The molecule has 8 nitrogen and oxygen atoms in total. The van der Waals surface area contributed by atoms with Crippen molar-refractivity contribution >= 4 is 23.4 Å². The number of unbranched alkanes of at least 4 members (excludes halogenated alkanes) is 1. The summed E-state index contributed by atoms with van der Waals surface area (Å²) in [6, 6.07) is 7.83. The van der Waals surface area contributed by atoms with Gasteiger partial charge in [-0.2, -0.15) is 0 Å². The van der Waals surface area contributed by atoms with Gasteiger partial charge in [0, 0.05) is 24.8 Å². The summed E-state index contributed by atoms with van der Waals surface area (Å²) in [6.07, 6.45) is 5.10. The first-order valence-corrected chi connectivity index (χ1v) is 11.4. The Bertz CT molecular complexity index is 886. The number of carboxylic acids is 1. The fourth-order valence-corrected chi connectivity index (χ4v) is 4.52. The standard InChI is InChI=1S/C24H34N4O4/c1-4-5-6-18-7-9-19(10-8-18)27-13-11-20(12-14-27)28-17(3)26-16(2)23(31)22(28)24(32)25-15-21(29)30/h7-10,20,22,31H,4-6,11-15H2,1-3H3,(H,25,32)(H,29,30). The average Bonchev–Trinajstić information content (AvgIpc) is 2.78. The molecule has 2 aliphatic heterocycles. The molecule has 1 unspecified atom stereocenters. The highest BCUT2D eigenvalue weighted by molar-refractivity contribution is 5.94. The summed E-state index contributed by atoms with van der Waals surface area (Å²) in [5.74, 6) is -1.11. The molecule has 1 aromatic rings. The molecule has 3 rings (SSSR count). The van der Waals surface area contributed by atoms with Crippen LogP contribution in [-0.2, 0) is 16.0 Å². The SMILES string of the molecule is CCCCc1ccc(N2CCC(N3C(C)=NC(C)=C(O)C3C(=O)NCC(=O)O)CC2)cc1. The van der Waals surface area contributed by atoms with Crippen LogP contribution in [-0.4, -0.2) is 64.5 Å². The van der Waals surface area contributed by atoms with E-state index in [1.807, 2.05) is 11.8 Å². The number of aryl methyl sites for hydroxylation is 1. The van der Waals surface area contributed by atoms with Crippen molar-refractivity contribution in [3.05, 3.63) is 41.3 Å². The van der Waals surface area contributed by atoms with Crippen molar-refractivity contribution in [1.29, 1.82) is 0 Å². The zero-order valence-corrected chi connectivity index (χ0v) is 19.2. The van der Waals surface area contributed by atoms with Gasteiger partial charge in [-0.15, -0.1) is 0 Å². The lowest BCUT2D eigenvalue weighted by Crippen LogP contribution is -2.58. The van der Waals surface area contributed by atoms with Crippen LogP contribution in [0.25, 0.3) is 0 Å². The van der Waals surface area contributed by atoms with E-state index in [4.69, 9.17) is 5.11 Å². The fourth-order valence-electron chi connectivity index (χ4n) is 4.52. The van der Waals surface area contributed by atoms with Gasteiger partial charge < -0.3 is 25.3 Å². The zero-order chi connectivity index (χ0) is 23.3. The van der Waals surface area contributed by atoms with Crippen LogP contribution in [0.2, 0.25) is 0 Å². The number of anilines is 1. The molecular weight excluding hydrogens is 408 g/mol. The molecule has 1 saturated heterocycles. The highest BCUT2D eigenvalue weighted by atomic mass is 16.4. The third-order valence-electron chi connectivity index (χ3n) is 6.25. The van der Waals surface area contributed by atoms with Crippen molar-refractivity contribution in [3.8, 4) is 0 Å². The molecule has 1 fully saturated rings. The quantitative estimate of drug-likeness (QED) is 0.571. The zero-order valence-electron chi connectivity index (χ0n) is 19.2. The van der Waals surface area contributed by atoms with Crippen molar-refractivity contribution < 1.29 is 19.8 Å². The lowest BCUT2D eigenvalue weighted by Gasteiger charge is -2.44. The second-order valence-corrected chi connectivity index (χ2v) is 8.54. The van der Waals surface area contributed by atoms with Gasteiger partial charge in [0.1, 0.15) is 18.1 Å². The van der Waals surface area contributed by atoms with Gasteiger partial charge in [-0.05, 0) is 57.2 Å². The van der Waals surface area contributed by atoms with E-state index in [-0.39, 0.29) is 11.8 Å². The molecule has 8 heteroatoms. The molecular formula is C24H34N4O4. The summed E-state index contributed by atoms with van der Waals surface area (Å²) in [7, 11) is 0. The minimum atomic E-state index is -1.12. The minimum Gasteiger partial charge on any atom is -0.508 e. The third kappa shape index (κ3) is 5.41. The topological polar surface area (TPSA) is 105 Å². The highest BCUT2D eigenvalue weighted by Gasteiger charge is 2.40. The van der Waals surface area contributed by atoms with Crippen LogP contribution in [0.3, 0.4) is 0 Å². The number of aliphatic hydroxyl groups is 1. The Labute approximate surface area is 189 Å². The number of amides is 1. The first kappa shape index (κ1) is 23.6. The maximum atomic E-state index is 12.8. The monoisotopic (exact) mass is 442 g/mol. The lowest BCUT2D eigenvalue weighted by atomic mass is 9.97. The third-order valence-corrected chi connectivity index (χ3v) is 6.25. The number of hydrogen-bond acceptors (Lipinski definition) is 6. The number of aliphatic imine (C=N–C) groups is 1. The lowest BCUT2D eigenvalue weighted by molar-refractivity contribution is -0.138. The van der Waals surface area contributed by atoms with Gasteiger partial charge in [0.25, 0.3) is 5.91 Å². The summed E-state index contributed by atoms with van der Waals surface area (Å²) in [5, 5.41) is 21.9. The van der Waals surface area contributed by atoms with Crippen molar-refractivity contribution in [2.24, 2.45) is 4.99 Å². The number of amidine groups is 1. The fraction of sp³-hybridized carbons (Fsp3) is 0.542. The van der Waals surface area contributed by atoms with E-state index in [1.165, 1.54) is 24.1 Å². The number of carbonyl (C=O) groups is 2. The molecule has 0 bridgehead atoms. The maximum Gasteiger partial charge on any atom is 0.322 e. The number of carboxylic acid groups (broad SMARTS) is 1. The first-order valence-electron chi connectivity index (χ1n) is 11.4. The number of allylic oxidation sites excluding steroid dienone is 1. The minimum absolute atomic E-state index is 0.0228. The van der Waals surface area contributed by atoms with Gasteiger partial charge in [0.15, 0.2) is 6.04 Å². The van der Waals surface area contributed by atoms with Crippen LogP contribution < -0.4 is 10.2 Å². The van der Waals surface area contributed by atoms with Crippen molar-refractivity contribution in [1.82, 2.24) is 10.2 Å². The predicted octanol–water partition coefficient (Wildman–Crippen LogP) is 3.09. The van der Waals surface area contributed by atoms with Crippen LogP contribution >= 0.6 is 0 Å². The largest absolute Gasteiger partial charge is 0.508 e. The molecule has 1 amide bonds. The Morgan fingerprint density at radius 2 is 1.81 bits per heavy atom. The van der Waals surface area contributed by atoms with Crippen LogP contribution in [0.4, 0.5) is 5.69 Å². The summed E-state index contributed by atoms with van der Waals surface area (Å²) in [6.45, 7) is 6.85. The number of nitrogens with zero attached hydrogens (tertiary/aromatic N) is 3. The average molecular weight is 443 g/mol. The van der Waals surface area contributed by atoms with Crippen molar-refractivity contribution in [2.75, 3.05) is 24.5 Å². The second kappa shape index (κ2) is 10.5. The van der Waals surface area contributed by atoms with Crippen LogP contribution in [0.15, 0.2) is 40.7 Å². The Hall–Kier alpha value is -3.03.